The van der Waals surface area contributed by atoms with E-state index < -0.39 is 0 Å². The molecule has 1 heterocycles. The number of ether oxygens (including phenoxy) is 2. The molecule has 0 atom stereocenters. The standard InChI is InChI=1S/C19H23N3O3/c1-4-10-20-18-8-6-15(13-22-18)19(23)21-11-9-14-5-7-16(24-2)17(12-14)25-3/h4-8,12-13H,1,9-11H2,2-3H3,(H,20,22)(H,21,23). The molecule has 0 aliphatic rings. The summed E-state index contributed by atoms with van der Waals surface area (Å²) in [5.41, 5.74) is 1.58. The van der Waals surface area contributed by atoms with Crippen LogP contribution in [0.5, 0.6) is 11.5 Å². The average molecular weight is 341 g/mol. The Bertz CT molecular complexity index is 714. The van der Waals surface area contributed by atoms with Gasteiger partial charge in [0.15, 0.2) is 11.5 Å². The second kappa shape index (κ2) is 9.32. The van der Waals surface area contributed by atoms with Crippen LogP contribution in [0, 0.1) is 0 Å². The molecule has 1 aromatic carbocycles. The van der Waals surface area contributed by atoms with Gasteiger partial charge in [0.1, 0.15) is 5.82 Å². The van der Waals surface area contributed by atoms with Crippen molar-refractivity contribution in [2.75, 3.05) is 32.6 Å². The summed E-state index contributed by atoms with van der Waals surface area (Å²) in [6.45, 7) is 4.78. The molecule has 6 nitrogen and oxygen atoms in total. The van der Waals surface area contributed by atoms with Crippen LogP contribution in [0.25, 0.3) is 0 Å². The minimum absolute atomic E-state index is 0.150. The molecule has 0 spiro atoms. The highest BCUT2D eigenvalue weighted by Gasteiger charge is 2.07. The van der Waals surface area contributed by atoms with Gasteiger partial charge in [-0.2, -0.15) is 0 Å². The molecule has 132 valence electrons. The van der Waals surface area contributed by atoms with Crippen LogP contribution in [0.3, 0.4) is 0 Å². The highest BCUT2D eigenvalue weighted by atomic mass is 16.5. The van der Waals surface area contributed by atoms with Crippen LogP contribution < -0.4 is 20.1 Å². The maximum atomic E-state index is 12.2. The van der Waals surface area contributed by atoms with Gasteiger partial charge in [-0.15, -0.1) is 6.58 Å². The Hall–Kier alpha value is -3.02. The van der Waals surface area contributed by atoms with E-state index in [0.717, 1.165) is 5.56 Å². The first-order valence-corrected chi connectivity index (χ1v) is 7.98. The van der Waals surface area contributed by atoms with Crippen molar-refractivity contribution in [2.24, 2.45) is 0 Å². The zero-order valence-electron chi connectivity index (χ0n) is 14.5. The van der Waals surface area contributed by atoms with Gasteiger partial charge in [0.2, 0.25) is 0 Å². The van der Waals surface area contributed by atoms with Crippen molar-refractivity contribution in [1.82, 2.24) is 10.3 Å². The smallest absolute Gasteiger partial charge is 0.252 e. The van der Waals surface area contributed by atoms with E-state index in [4.69, 9.17) is 9.47 Å². The molecule has 0 fully saturated rings. The summed E-state index contributed by atoms with van der Waals surface area (Å²) in [7, 11) is 3.20. The summed E-state index contributed by atoms with van der Waals surface area (Å²) in [4.78, 5) is 16.3. The summed E-state index contributed by atoms with van der Waals surface area (Å²) in [6.07, 6.45) is 3.99. The van der Waals surface area contributed by atoms with Crippen LogP contribution in [-0.2, 0) is 6.42 Å². The predicted molar refractivity (Wildman–Crippen MR) is 98.5 cm³/mol. The summed E-state index contributed by atoms with van der Waals surface area (Å²) >= 11 is 0. The van der Waals surface area contributed by atoms with Crippen molar-refractivity contribution in [3.8, 4) is 11.5 Å². The Labute approximate surface area is 147 Å². The molecule has 2 N–H and O–H groups in total. The molecule has 0 unspecified atom stereocenters. The fraction of sp³-hybridized carbons (Fsp3) is 0.263. The quantitative estimate of drug-likeness (QED) is 0.686. The molecule has 25 heavy (non-hydrogen) atoms. The highest BCUT2D eigenvalue weighted by molar-refractivity contribution is 5.94. The molecular formula is C19H23N3O3. The van der Waals surface area contributed by atoms with Crippen molar-refractivity contribution in [1.29, 1.82) is 0 Å². The number of nitrogens with zero attached hydrogens (tertiary/aromatic N) is 1. The largest absolute Gasteiger partial charge is 0.493 e. The molecule has 0 radical (unpaired) electrons. The van der Waals surface area contributed by atoms with E-state index in [9.17, 15) is 4.79 Å². The lowest BCUT2D eigenvalue weighted by Crippen LogP contribution is -2.25. The van der Waals surface area contributed by atoms with E-state index in [2.05, 4.69) is 22.2 Å². The number of benzene rings is 1. The molecule has 0 saturated heterocycles. The fourth-order valence-electron chi connectivity index (χ4n) is 2.27. The second-order valence-corrected chi connectivity index (χ2v) is 5.30. The number of anilines is 1. The monoisotopic (exact) mass is 341 g/mol. The van der Waals surface area contributed by atoms with Crippen LogP contribution >= 0.6 is 0 Å². The molecule has 0 saturated carbocycles. The van der Waals surface area contributed by atoms with E-state index >= 15 is 0 Å². The Kier molecular flexibility index (Phi) is 6.83. The zero-order valence-corrected chi connectivity index (χ0v) is 14.5. The minimum Gasteiger partial charge on any atom is -0.493 e. The van der Waals surface area contributed by atoms with Gasteiger partial charge in [-0.25, -0.2) is 4.98 Å². The predicted octanol–water partition coefficient (Wildman–Crippen LogP) is 2.67. The Balaban J connectivity index is 1.86. The number of carbonyl (C=O) groups excluding carboxylic acids is 1. The number of amides is 1. The first kappa shape index (κ1) is 18.3. The number of methoxy groups -OCH3 is 2. The Morgan fingerprint density at radius 1 is 1.20 bits per heavy atom. The lowest BCUT2D eigenvalue weighted by Gasteiger charge is -2.10. The second-order valence-electron chi connectivity index (χ2n) is 5.30. The lowest BCUT2D eigenvalue weighted by molar-refractivity contribution is 0.0954. The molecule has 2 rings (SSSR count). The Morgan fingerprint density at radius 2 is 2.00 bits per heavy atom. The van der Waals surface area contributed by atoms with Gasteiger partial charge in [0.05, 0.1) is 19.8 Å². The van der Waals surface area contributed by atoms with E-state index in [1.807, 2.05) is 18.2 Å². The van der Waals surface area contributed by atoms with Crippen molar-refractivity contribution in [3.63, 3.8) is 0 Å². The van der Waals surface area contributed by atoms with Gasteiger partial charge in [-0.05, 0) is 36.2 Å². The molecule has 0 aliphatic heterocycles. The number of hydrogen-bond acceptors (Lipinski definition) is 5. The number of aromatic nitrogens is 1. The molecule has 0 aliphatic carbocycles. The lowest BCUT2D eigenvalue weighted by atomic mass is 10.1. The van der Waals surface area contributed by atoms with Crippen molar-refractivity contribution >= 4 is 11.7 Å². The van der Waals surface area contributed by atoms with Crippen LogP contribution in [0.15, 0.2) is 49.2 Å². The number of carbonyl (C=O) groups is 1. The van der Waals surface area contributed by atoms with Crippen molar-refractivity contribution in [3.05, 3.63) is 60.3 Å². The normalized spacial score (nSPS) is 10.0. The number of nitrogens with one attached hydrogen (secondary N) is 2. The molecule has 1 aromatic heterocycles. The molecule has 1 amide bonds. The van der Waals surface area contributed by atoms with E-state index in [0.29, 0.717) is 42.4 Å². The maximum absolute atomic E-state index is 12.2. The third kappa shape index (κ3) is 5.24. The number of pyridine rings is 1. The number of rotatable bonds is 9. The van der Waals surface area contributed by atoms with E-state index in [-0.39, 0.29) is 5.91 Å². The van der Waals surface area contributed by atoms with Crippen molar-refractivity contribution < 1.29 is 14.3 Å². The molecule has 0 bridgehead atoms. The summed E-state index contributed by atoms with van der Waals surface area (Å²) in [6, 6.07) is 9.23. The van der Waals surface area contributed by atoms with E-state index in [1.54, 1.807) is 38.6 Å². The van der Waals surface area contributed by atoms with Crippen LogP contribution in [0.1, 0.15) is 15.9 Å². The third-order valence-corrected chi connectivity index (χ3v) is 3.60. The van der Waals surface area contributed by atoms with Gasteiger partial charge in [-0.3, -0.25) is 4.79 Å². The summed E-state index contributed by atoms with van der Waals surface area (Å²) in [5.74, 6) is 1.93. The first-order valence-electron chi connectivity index (χ1n) is 7.98. The van der Waals surface area contributed by atoms with Gasteiger partial charge in [-0.1, -0.05) is 12.1 Å². The van der Waals surface area contributed by atoms with Gasteiger partial charge in [0, 0.05) is 19.3 Å². The maximum Gasteiger partial charge on any atom is 0.252 e. The van der Waals surface area contributed by atoms with Gasteiger partial charge >= 0.3 is 0 Å². The van der Waals surface area contributed by atoms with Crippen LogP contribution in [0.4, 0.5) is 5.82 Å². The molecule has 2 aromatic rings. The zero-order chi connectivity index (χ0) is 18.1. The van der Waals surface area contributed by atoms with Crippen molar-refractivity contribution in [2.45, 2.75) is 6.42 Å². The minimum atomic E-state index is -0.150. The van der Waals surface area contributed by atoms with Crippen LogP contribution in [0.2, 0.25) is 0 Å². The number of hydrogen-bond donors (Lipinski definition) is 2. The molecular weight excluding hydrogens is 318 g/mol. The highest BCUT2D eigenvalue weighted by Crippen LogP contribution is 2.27. The third-order valence-electron chi connectivity index (χ3n) is 3.60. The van der Waals surface area contributed by atoms with E-state index in [1.165, 1.54) is 0 Å². The summed E-state index contributed by atoms with van der Waals surface area (Å²) < 4.78 is 10.5. The SMILES string of the molecule is C=CCNc1ccc(C(=O)NCCc2ccc(OC)c(OC)c2)cn1. The van der Waals surface area contributed by atoms with Crippen LogP contribution in [-0.4, -0.2) is 38.2 Å². The van der Waals surface area contributed by atoms with Gasteiger partial charge in [0.25, 0.3) is 5.91 Å². The fourth-order valence-corrected chi connectivity index (χ4v) is 2.27. The summed E-state index contributed by atoms with van der Waals surface area (Å²) in [5, 5.41) is 5.95. The molecule has 6 heteroatoms. The topological polar surface area (TPSA) is 72.5 Å². The van der Waals surface area contributed by atoms with Gasteiger partial charge < -0.3 is 20.1 Å². The first-order chi connectivity index (χ1) is 12.2. The average Bonchev–Trinajstić information content (AvgIpc) is 2.66. The Morgan fingerprint density at radius 3 is 2.64 bits per heavy atom.